The molecule has 0 radical (unpaired) electrons. The van der Waals surface area contributed by atoms with Crippen LogP contribution in [0.25, 0.3) is 6.08 Å². The van der Waals surface area contributed by atoms with Crippen LogP contribution in [0.15, 0.2) is 47.4 Å². The highest BCUT2D eigenvalue weighted by molar-refractivity contribution is 8.18. The molecule has 156 valence electrons. The van der Waals surface area contributed by atoms with Crippen LogP contribution in [0.2, 0.25) is 0 Å². The minimum absolute atomic E-state index is 0.0164. The second kappa shape index (κ2) is 9.36. The number of thioether (sulfide) groups is 1. The summed E-state index contributed by atoms with van der Waals surface area (Å²) in [6, 6.07) is 11.3. The molecule has 0 bridgehead atoms. The number of carbonyl (C=O) groups excluding carboxylic acids is 3. The molecule has 0 aliphatic carbocycles. The fourth-order valence-electron chi connectivity index (χ4n) is 2.70. The fraction of sp³-hybridized carbons (Fsp3) is 0.190. The van der Waals surface area contributed by atoms with Crippen molar-refractivity contribution in [1.82, 2.24) is 4.90 Å². The summed E-state index contributed by atoms with van der Waals surface area (Å²) >= 11 is 0.752. The third-order valence-electron chi connectivity index (χ3n) is 4.13. The lowest BCUT2D eigenvalue weighted by atomic mass is 10.2. The summed E-state index contributed by atoms with van der Waals surface area (Å²) in [6.45, 7) is 1.76. The Balaban J connectivity index is 1.68. The Hall–Kier alpha value is -3.46. The summed E-state index contributed by atoms with van der Waals surface area (Å²) in [5.41, 5.74) is 1.11. The maximum absolute atomic E-state index is 12.6. The molecule has 3 amide bonds. The number of methoxy groups -OCH3 is 1. The topological polar surface area (TPSA) is 105 Å². The molecule has 1 aliphatic heterocycles. The first-order valence-corrected chi connectivity index (χ1v) is 9.88. The Labute approximate surface area is 177 Å². The Morgan fingerprint density at radius 2 is 1.93 bits per heavy atom. The van der Waals surface area contributed by atoms with Crippen molar-refractivity contribution in [2.75, 3.05) is 25.6 Å². The number of rotatable bonds is 7. The fourth-order valence-corrected chi connectivity index (χ4v) is 3.54. The Kier molecular flexibility index (Phi) is 6.63. The van der Waals surface area contributed by atoms with E-state index in [9.17, 15) is 19.5 Å². The van der Waals surface area contributed by atoms with E-state index in [1.165, 1.54) is 19.3 Å². The molecule has 3 rings (SSSR count). The second-order valence-corrected chi connectivity index (χ2v) is 7.20. The van der Waals surface area contributed by atoms with E-state index < -0.39 is 23.6 Å². The van der Waals surface area contributed by atoms with Gasteiger partial charge in [0.25, 0.3) is 11.1 Å². The van der Waals surface area contributed by atoms with E-state index in [1.807, 2.05) is 0 Å². The molecule has 0 unspecified atom stereocenters. The smallest absolute Gasteiger partial charge is 0.294 e. The second-order valence-electron chi connectivity index (χ2n) is 6.20. The lowest BCUT2D eigenvalue weighted by molar-refractivity contribution is -0.127. The summed E-state index contributed by atoms with van der Waals surface area (Å²) in [5, 5.41) is 11.9. The van der Waals surface area contributed by atoms with Gasteiger partial charge in [0.1, 0.15) is 12.3 Å². The molecule has 30 heavy (non-hydrogen) atoms. The summed E-state index contributed by atoms with van der Waals surface area (Å²) in [7, 11) is 1.54. The maximum atomic E-state index is 12.6. The van der Waals surface area contributed by atoms with Gasteiger partial charge in [-0.05, 0) is 66.7 Å². The lowest BCUT2D eigenvalue weighted by Crippen LogP contribution is -2.36. The number of phenolic OH excluding ortho intramolecular Hbond substituents is 1. The molecule has 1 aliphatic rings. The van der Waals surface area contributed by atoms with Gasteiger partial charge in [0, 0.05) is 5.69 Å². The van der Waals surface area contributed by atoms with Crippen LogP contribution in [0.4, 0.5) is 10.5 Å². The van der Waals surface area contributed by atoms with Gasteiger partial charge in [-0.15, -0.1) is 0 Å². The third-order valence-corrected chi connectivity index (χ3v) is 5.04. The standard InChI is InChI=1S/C21H20N2O6S/c1-3-29-17-10-13(4-9-16(17)24)11-18-20(26)23(21(27)30-18)12-19(25)22-14-5-7-15(28-2)8-6-14/h4-11,24H,3,12H2,1-2H3,(H,22,25)/b18-11-. The summed E-state index contributed by atoms with van der Waals surface area (Å²) < 4.78 is 10.4. The van der Waals surface area contributed by atoms with Gasteiger partial charge < -0.3 is 19.9 Å². The minimum Gasteiger partial charge on any atom is -0.504 e. The summed E-state index contributed by atoms with van der Waals surface area (Å²) in [6.07, 6.45) is 1.52. The van der Waals surface area contributed by atoms with Crippen molar-refractivity contribution < 1.29 is 29.0 Å². The van der Waals surface area contributed by atoms with Gasteiger partial charge in [-0.1, -0.05) is 6.07 Å². The van der Waals surface area contributed by atoms with Crippen LogP contribution in [0.3, 0.4) is 0 Å². The molecule has 1 saturated heterocycles. The number of nitrogens with zero attached hydrogens (tertiary/aromatic N) is 1. The maximum Gasteiger partial charge on any atom is 0.294 e. The van der Waals surface area contributed by atoms with Crippen molar-refractivity contribution in [2.24, 2.45) is 0 Å². The van der Waals surface area contributed by atoms with E-state index in [1.54, 1.807) is 43.3 Å². The van der Waals surface area contributed by atoms with Crippen LogP contribution in [0, 0.1) is 0 Å². The number of carbonyl (C=O) groups is 3. The van der Waals surface area contributed by atoms with E-state index >= 15 is 0 Å². The molecule has 1 fully saturated rings. The van der Waals surface area contributed by atoms with E-state index in [2.05, 4.69) is 5.32 Å². The Morgan fingerprint density at radius 1 is 1.20 bits per heavy atom. The monoisotopic (exact) mass is 428 g/mol. The number of phenols is 1. The van der Waals surface area contributed by atoms with Gasteiger partial charge in [0.05, 0.1) is 18.6 Å². The number of hydrogen-bond donors (Lipinski definition) is 2. The zero-order valence-corrected chi connectivity index (χ0v) is 17.2. The Morgan fingerprint density at radius 3 is 2.60 bits per heavy atom. The normalized spacial score (nSPS) is 14.9. The van der Waals surface area contributed by atoms with Gasteiger partial charge in [0.15, 0.2) is 11.5 Å². The van der Waals surface area contributed by atoms with Crippen molar-refractivity contribution in [3.63, 3.8) is 0 Å². The van der Waals surface area contributed by atoms with Crippen LogP contribution in [-0.4, -0.2) is 47.3 Å². The predicted molar refractivity (Wildman–Crippen MR) is 114 cm³/mol. The first kappa shape index (κ1) is 21.3. The molecule has 2 aromatic carbocycles. The van der Waals surface area contributed by atoms with Gasteiger partial charge in [0.2, 0.25) is 5.91 Å². The van der Waals surface area contributed by atoms with Crippen LogP contribution < -0.4 is 14.8 Å². The van der Waals surface area contributed by atoms with Crippen molar-refractivity contribution in [3.05, 3.63) is 52.9 Å². The number of nitrogens with one attached hydrogen (secondary N) is 1. The third kappa shape index (κ3) is 4.93. The van der Waals surface area contributed by atoms with E-state index in [4.69, 9.17) is 9.47 Å². The lowest BCUT2D eigenvalue weighted by Gasteiger charge is -2.12. The van der Waals surface area contributed by atoms with Crippen LogP contribution in [0.5, 0.6) is 17.2 Å². The van der Waals surface area contributed by atoms with E-state index in [-0.39, 0.29) is 16.4 Å². The molecule has 9 heteroatoms. The number of anilines is 1. The molecule has 8 nitrogen and oxygen atoms in total. The number of ether oxygens (including phenoxy) is 2. The molecule has 0 saturated carbocycles. The predicted octanol–water partition coefficient (Wildman–Crippen LogP) is 3.47. The van der Waals surface area contributed by atoms with Gasteiger partial charge in [-0.25, -0.2) is 0 Å². The highest BCUT2D eigenvalue weighted by atomic mass is 32.2. The number of benzene rings is 2. The quantitative estimate of drug-likeness (QED) is 0.651. The minimum atomic E-state index is -0.555. The average Bonchev–Trinajstić information content (AvgIpc) is 2.98. The summed E-state index contributed by atoms with van der Waals surface area (Å²) in [4.78, 5) is 38.2. The number of aromatic hydroxyl groups is 1. The first-order chi connectivity index (χ1) is 14.4. The molecule has 0 atom stereocenters. The van der Waals surface area contributed by atoms with Gasteiger partial charge >= 0.3 is 0 Å². The van der Waals surface area contributed by atoms with Crippen molar-refractivity contribution in [2.45, 2.75) is 6.92 Å². The molecule has 1 heterocycles. The summed E-state index contributed by atoms with van der Waals surface area (Å²) in [5.74, 6) is -0.139. The molecule has 2 N–H and O–H groups in total. The van der Waals surface area contributed by atoms with Gasteiger partial charge in [-0.2, -0.15) is 0 Å². The van der Waals surface area contributed by atoms with E-state index in [0.717, 1.165) is 16.7 Å². The zero-order chi connectivity index (χ0) is 21.7. The molecular weight excluding hydrogens is 408 g/mol. The highest BCUT2D eigenvalue weighted by Crippen LogP contribution is 2.34. The molecular formula is C21H20N2O6S. The van der Waals surface area contributed by atoms with Crippen LogP contribution in [-0.2, 0) is 9.59 Å². The van der Waals surface area contributed by atoms with Crippen molar-refractivity contribution in [3.8, 4) is 17.2 Å². The number of hydrogen-bond acceptors (Lipinski definition) is 7. The van der Waals surface area contributed by atoms with Crippen molar-refractivity contribution >= 4 is 40.6 Å². The van der Waals surface area contributed by atoms with Crippen molar-refractivity contribution in [1.29, 1.82) is 0 Å². The van der Waals surface area contributed by atoms with Gasteiger partial charge in [-0.3, -0.25) is 19.3 Å². The SMILES string of the molecule is CCOc1cc(/C=C2\SC(=O)N(CC(=O)Nc3ccc(OC)cc3)C2=O)ccc1O. The zero-order valence-electron chi connectivity index (χ0n) is 16.4. The number of imide groups is 1. The molecule has 0 aromatic heterocycles. The highest BCUT2D eigenvalue weighted by Gasteiger charge is 2.36. The molecule has 0 spiro atoms. The Bertz CT molecular complexity index is 1000. The van der Waals surface area contributed by atoms with Crippen LogP contribution >= 0.6 is 11.8 Å². The van der Waals surface area contributed by atoms with Crippen LogP contribution in [0.1, 0.15) is 12.5 Å². The largest absolute Gasteiger partial charge is 0.504 e. The van der Waals surface area contributed by atoms with E-state index in [0.29, 0.717) is 23.6 Å². The first-order valence-electron chi connectivity index (χ1n) is 9.06. The molecule has 2 aromatic rings. The average molecular weight is 428 g/mol. The number of amides is 3.